The lowest BCUT2D eigenvalue weighted by atomic mass is 10.2. The molecule has 0 spiro atoms. The molecule has 1 unspecified atom stereocenters. The Balaban J connectivity index is 2.25. The average molecular weight is 240 g/mol. The summed E-state index contributed by atoms with van der Waals surface area (Å²) in [7, 11) is 3.59. The van der Waals surface area contributed by atoms with Gasteiger partial charge in [0.15, 0.2) is 5.82 Å². The van der Waals surface area contributed by atoms with Crippen molar-refractivity contribution in [2.45, 2.75) is 12.5 Å². The van der Waals surface area contributed by atoms with E-state index in [9.17, 15) is 0 Å². The van der Waals surface area contributed by atoms with E-state index in [1.807, 2.05) is 18.8 Å². The van der Waals surface area contributed by atoms with Crippen LogP contribution in [0, 0.1) is 0 Å². The Bertz CT molecular complexity index is 368. The third kappa shape index (κ3) is 2.02. The van der Waals surface area contributed by atoms with Gasteiger partial charge in [0.1, 0.15) is 12.0 Å². The molecular formula is C10H16N4OS. The van der Waals surface area contributed by atoms with E-state index >= 15 is 0 Å². The fourth-order valence-corrected chi connectivity index (χ4v) is 3.08. The third-order valence-electron chi connectivity index (χ3n) is 2.81. The van der Waals surface area contributed by atoms with Crippen LogP contribution < -0.4 is 15.4 Å². The first-order valence-electron chi connectivity index (χ1n) is 5.19. The molecule has 1 fully saturated rings. The van der Waals surface area contributed by atoms with Crippen molar-refractivity contribution in [3.8, 4) is 5.88 Å². The van der Waals surface area contributed by atoms with Crippen LogP contribution in [-0.2, 0) is 0 Å². The van der Waals surface area contributed by atoms with E-state index < -0.39 is 0 Å². The van der Waals surface area contributed by atoms with Crippen LogP contribution in [0.15, 0.2) is 6.33 Å². The van der Waals surface area contributed by atoms with Crippen molar-refractivity contribution in [3.63, 3.8) is 0 Å². The average Bonchev–Trinajstić information content (AvgIpc) is 2.82. The van der Waals surface area contributed by atoms with Crippen molar-refractivity contribution in [2.75, 3.05) is 36.3 Å². The Labute approximate surface area is 99.4 Å². The smallest absolute Gasteiger partial charge is 0.242 e. The van der Waals surface area contributed by atoms with Crippen molar-refractivity contribution in [1.29, 1.82) is 0 Å². The molecular weight excluding hydrogens is 224 g/mol. The minimum absolute atomic E-state index is 0.447. The number of rotatable bonds is 3. The van der Waals surface area contributed by atoms with Gasteiger partial charge in [0.25, 0.3) is 0 Å². The summed E-state index contributed by atoms with van der Waals surface area (Å²) < 4.78 is 5.09. The molecule has 88 valence electrons. The lowest BCUT2D eigenvalue weighted by Crippen LogP contribution is -2.32. The van der Waals surface area contributed by atoms with Gasteiger partial charge >= 0.3 is 0 Å². The Morgan fingerprint density at radius 3 is 3.00 bits per heavy atom. The number of thioether (sulfide) groups is 1. The number of nitrogen functional groups attached to an aromatic ring is 1. The Morgan fingerprint density at radius 2 is 2.38 bits per heavy atom. The molecule has 0 amide bonds. The highest BCUT2D eigenvalue weighted by atomic mass is 32.2. The van der Waals surface area contributed by atoms with Gasteiger partial charge in [-0.05, 0) is 12.2 Å². The molecule has 2 N–H and O–H groups in total. The van der Waals surface area contributed by atoms with Gasteiger partial charge in [-0.3, -0.25) is 0 Å². The number of anilines is 2. The normalized spacial score (nSPS) is 19.8. The van der Waals surface area contributed by atoms with Crippen molar-refractivity contribution in [3.05, 3.63) is 6.33 Å². The number of nitrogens with two attached hydrogens (primary N) is 1. The zero-order chi connectivity index (χ0) is 11.5. The summed E-state index contributed by atoms with van der Waals surface area (Å²) in [6.45, 7) is 0. The summed E-state index contributed by atoms with van der Waals surface area (Å²) in [6, 6.07) is 0.506. The van der Waals surface area contributed by atoms with E-state index in [1.54, 1.807) is 7.11 Å². The first kappa shape index (κ1) is 11.3. The second-order valence-corrected chi connectivity index (χ2v) is 4.90. The summed E-state index contributed by atoms with van der Waals surface area (Å²) in [5.74, 6) is 3.54. The largest absolute Gasteiger partial charge is 0.479 e. The summed E-state index contributed by atoms with van der Waals surface area (Å²) >= 11 is 1.96. The zero-order valence-corrected chi connectivity index (χ0v) is 10.3. The van der Waals surface area contributed by atoms with Crippen LogP contribution in [0.3, 0.4) is 0 Å². The molecule has 16 heavy (non-hydrogen) atoms. The molecule has 1 aromatic heterocycles. The summed E-state index contributed by atoms with van der Waals surface area (Å²) in [5.41, 5.74) is 6.48. The predicted octanol–water partition coefficient (Wildman–Crippen LogP) is 1.01. The Morgan fingerprint density at radius 1 is 1.56 bits per heavy atom. The molecule has 1 aromatic rings. The van der Waals surface area contributed by atoms with Crippen molar-refractivity contribution < 1.29 is 4.74 Å². The Kier molecular flexibility index (Phi) is 3.38. The highest BCUT2D eigenvalue weighted by Gasteiger charge is 2.23. The van der Waals surface area contributed by atoms with Crippen LogP contribution in [0.4, 0.5) is 11.5 Å². The van der Waals surface area contributed by atoms with Gasteiger partial charge in [-0.2, -0.15) is 16.7 Å². The topological polar surface area (TPSA) is 64.3 Å². The second-order valence-electron chi connectivity index (χ2n) is 3.75. The van der Waals surface area contributed by atoms with E-state index in [-0.39, 0.29) is 0 Å². The van der Waals surface area contributed by atoms with E-state index in [2.05, 4.69) is 14.9 Å². The molecule has 2 rings (SSSR count). The SMILES string of the molecule is COc1ncnc(N(C)C2CCSC2)c1N. The van der Waals surface area contributed by atoms with Crippen molar-refractivity contribution in [1.82, 2.24) is 9.97 Å². The highest BCUT2D eigenvalue weighted by molar-refractivity contribution is 7.99. The number of aromatic nitrogens is 2. The summed E-state index contributed by atoms with van der Waals surface area (Å²) in [6.07, 6.45) is 2.66. The van der Waals surface area contributed by atoms with Crippen LogP contribution in [0.5, 0.6) is 5.88 Å². The lowest BCUT2D eigenvalue weighted by molar-refractivity contribution is 0.399. The van der Waals surface area contributed by atoms with E-state index in [0.717, 1.165) is 11.6 Å². The molecule has 1 aliphatic rings. The van der Waals surface area contributed by atoms with Gasteiger partial charge in [0.05, 0.1) is 7.11 Å². The molecule has 0 aliphatic carbocycles. The highest BCUT2D eigenvalue weighted by Crippen LogP contribution is 2.31. The first-order chi connectivity index (χ1) is 7.74. The van der Waals surface area contributed by atoms with E-state index in [4.69, 9.17) is 10.5 Å². The maximum Gasteiger partial charge on any atom is 0.242 e. The van der Waals surface area contributed by atoms with E-state index in [0.29, 0.717) is 17.6 Å². The molecule has 6 heteroatoms. The minimum atomic E-state index is 0.447. The number of nitrogens with zero attached hydrogens (tertiary/aromatic N) is 3. The zero-order valence-electron chi connectivity index (χ0n) is 9.51. The fourth-order valence-electron chi connectivity index (χ4n) is 1.81. The molecule has 0 bridgehead atoms. The molecule has 1 saturated heterocycles. The van der Waals surface area contributed by atoms with Gasteiger partial charge in [0.2, 0.25) is 5.88 Å². The number of methoxy groups -OCH3 is 1. The maximum atomic E-state index is 5.96. The summed E-state index contributed by atoms with van der Waals surface area (Å²) in [4.78, 5) is 10.3. The monoisotopic (exact) mass is 240 g/mol. The van der Waals surface area contributed by atoms with Crippen LogP contribution in [0.1, 0.15) is 6.42 Å². The minimum Gasteiger partial charge on any atom is -0.479 e. The second kappa shape index (κ2) is 4.78. The van der Waals surface area contributed by atoms with Crippen molar-refractivity contribution >= 4 is 23.3 Å². The number of ether oxygens (including phenoxy) is 1. The Hall–Kier alpha value is -1.17. The lowest BCUT2D eigenvalue weighted by Gasteiger charge is -2.26. The molecule has 1 aliphatic heterocycles. The van der Waals surface area contributed by atoms with Gasteiger partial charge in [-0.15, -0.1) is 0 Å². The fraction of sp³-hybridized carbons (Fsp3) is 0.600. The predicted molar refractivity (Wildman–Crippen MR) is 67.1 cm³/mol. The van der Waals surface area contributed by atoms with Crippen molar-refractivity contribution in [2.24, 2.45) is 0 Å². The molecule has 2 heterocycles. The molecule has 0 radical (unpaired) electrons. The molecule has 5 nitrogen and oxygen atoms in total. The molecule has 0 aromatic carbocycles. The van der Waals surface area contributed by atoms with Crippen LogP contribution in [0.25, 0.3) is 0 Å². The van der Waals surface area contributed by atoms with Crippen LogP contribution in [0.2, 0.25) is 0 Å². The first-order valence-corrected chi connectivity index (χ1v) is 6.34. The number of hydrogen-bond acceptors (Lipinski definition) is 6. The molecule has 0 saturated carbocycles. The standard InChI is InChI=1S/C10H16N4OS/c1-14(7-3-4-16-5-7)9-8(11)10(15-2)13-6-12-9/h6-7H,3-5,11H2,1-2H3. The molecule has 1 atom stereocenters. The number of hydrogen-bond donors (Lipinski definition) is 1. The summed E-state index contributed by atoms with van der Waals surface area (Å²) in [5, 5.41) is 0. The van der Waals surface area contributed by atoms with E-state index in [1.165, 1.54) is 18.5 Å². The van der Waals surface area contributed by atoms with Gasteiger partial charge in [-0.25, -0.2) is 4.98 Å². The van der Waals surface area contributed by atoms with Crippen LogP contribution in [-0.4, -0.2) is 41.7 Å². The van der Waals surface area contributed by atoms with Gasteiger partial charge < -0.3 is 15.4 Å². The van der Waals surface area contributed by atoms with Gasteiger partial charge in [0, 0.05) is 18.8 Å². The quantitative estimate of drug-likeness (QED) is 0.850. The maximum absolute atomic E-state index is 5.96. The van der Waals surface area contributed by atoms with Gasteiger partial charge in [-0.1, -0.05) is 0 Å². The third-order valence-corrected chi connectivity index (χ3v) is 3.95. The van der Waals surface area contributed by atoms with Crippen LogP contribution >= 0.6 is 11.8 Å².